The lowest BCUT2D eigenvalue weighted by molar-refractivity contribution is 0.0716. The lowest BCUT2D eigenvalue weighted by Crippen LogP contribution is -2.34. The predicted octanol–water partition coefficient (Wildman–Crippen LogP) is 0.647. The number of hydrogen-bond acceptors (Lipinski definition) is 3. The highest BCUT2D eigenvalue weighted by molar-refractivity contribution is 4.72. The van der Waals surface area contributed by atoms with E-state index in [9.17, 15) is 0 Å². The van der Waals surface area contributed by atoms with Gasteiger partial charge in [-0.3, -0.25) is 0 Å². The van der Waals surface area contributed by atoms with Crippen LogP contribution in [0.4, 0.5) is 0 Å². The van der Waals surface area contributed by atoms with Crippen molar-refractivity contribution in [1.82, 2.24) is 5.32 Å². The zero-order valence-corrected chi connectivity index (χ0v) is 8.01. The molecule has 1 saturated carbocycles. The molecule has 0 aromatic carbocycles. The molecule has 0 aromatic heterocycles. The van der Waals surface area contributed by atoms with E-state index >= 15 is 0 Å². The molecule has 1 aliphatic rings. The molecule has 1 aliphatic carbocycles. The van der Waals surface area contributed by atoms with Crippen molar-refractivity contribution in [1.29, 1.82) is 0 Å². The minimum atomic E-state index is 0.341. The number of rotatable bonds is 7. The third-order valence-electron chi connectivity index (χ3n) is 2.15. The van der Waals surface area contributed by atoms with Gasteiger partial charge in [0.2, 0.25) is 0 Å². The summed E-state index contributed by atoms with van der Waals surface area (Å²) in [5.74, 6) is 0.852. The molecular weight excluding hydrogens is 154 g/mol. The summed E-state index contributed by atoms with van der Waals surface area (Å²) in [6, 6.07) is 0.341. The Balaban J connectivity index is 1.93. The molecule has 72 valence electrons. The van der Waals surface area contributed by atoms with E-state index in [1.165, 1.54) is 12.8 Å². The van der Waals surface area contributed by atoms with E-state index in [4.69, 9.17) is 9.47 Å². The molecule has 3 nitrogen and oxygen atoms in total. The first-order valence-electron chi connectivity index (χ1n) is 4.60. The van der Waals surface area contributed by atoms with Crippen LogP contribution in [-0.4, -0.2) is 40.0 Å². The van der Waals surface area contributed by atoms with Crippen molar-refractivity contribution in [2.24, 2.45) is 5.92 Å². The normalized spacial score (nSPS) is 19.5. The Kier molecular flexibility index (Phi) is 4.58. The van der Waals surface area contributed by atoms with Gasteiger partial charge in [0.15, 0.2) is 0 Å². The van der Waals surface area contributed by atoms with Gasteiger partial charge in [-0.05, 0) is 25.8 Å². The Morgan fingerprint density at radius 2 is 2.17 bits per heavy atom. The first-order chi connectivity index (χ1) is 5.86. The van der Waals surface area contributed by atoms with E-state index in [0.29, 0.717) is 6.04 Å². The van der Waals surface area contributed by atoms with Crippen molar-refractivity contribution < 1.29 is 9.47 Å². The monoisotopic (exact) mass is 173 g/mol. The molecule has 1 atom stereocenters. The Hall–Kier alpha value is -0.120. The second-order valence-corrected chi connectivity index (χ2v) is 3.42. The van der Waals surface area contributed by atoms with Crippen LogP contribution in [-0.2, 0) is 9.47 Å². The van der Waals surface area contributed by atoms with Crippen molar-refractivity contribution in [3.8, 4) is 0 Å². The smallest absolute Gasteiger partial charge is 0.0642 e. The lowest BCUT2D eigenvalue weighted by Gasteiger charge is -2.14. The number of hydrogen-bond donors (Lipinski definition) is 1. The van der Waals surface area contributed by atoms with Gasteiger partial charge in [0.25, 0.3) is 0 Å². The van der Waals surface area contributed by atoms with Crippen LogP contribution in [0.5, 0.6) is 0 Å². The highest BCUT2D eigenvalue weighted by Crippen LogP contribution is 2.28. The summed E-state index contributed by atoms with van der Waals surface area (Å²) in [5.41, 5.74) is 0. The van der Waals surface area contributed by atoms with Gasteiger partial charge in [-0.1, -0.05) is 0 Å². The maximum Gasteiger partial charge on any atom is 0.0642 e. The lowest BCUT2D eigenvalue weighted by atomic mass is 10.3. The Morgan fingerprint density at radius 3 is 2.67 bits per heavy atom. The van der Waals surface area contributed by atoms with Crippen molar-refractivity contribution in [3.05, 3.63) is 0 Å². The van der Waals surface area contributed by atoms with Crippen molar-refractivity contribution in [2.75, 3.05) is 34.0 Å². The van der Waals surface area contributed by atoms with Gasteiger partial charge in [-0.2, -0.15) is 0 Å². The van der Waals surface area contributed by atoms with Gasteiger partial charge >= 0.3 is 0 Å². The fourth-order valence-electron chi connectivity index (χ4n) is 1.08. The maximum atomic E-state index is 5.52. The van der Waals surface area contributed by atoms with Gasteiger partial charge < -0.3 is 14.8 Å². The average Bonchev–Trinajstić information content (AvgIpc) is 2.87. The summed E-state index contributed by atoms with van der Waals surface area (Å²) in [7, 11) is 3.65. The molecule has 0 aliphatic heterocycles. The molecule has 1 unspecified atom stereocenters. The predicted molar refractivity (Wildman–Crippen MR) is 48.3 cm³/mol. The Morgan fingerprint density at radius 1 is 1.42 bits per heavy atom. The second-order valence-electron chi connectivity index (χ2n) is 3.42. The van der Waals surface area contributed by atoms with E-state index < -0.39 is 0 Å². The third kappa shape index (κ3) is 4.04. The van der Waals surface area contributed by atoms with E-state index in [0.717, 1.165) is 25.7 Å². The minimum Gasteiger partial charge on any atom is -0.383 e. The molecule has 3 heteroatoms. The molecule has 0 radical (unpaired) electrons. The van der Waals surface area contributed by atoms with Gasteiger partial charge in [-0.15, -0.1) is 0 Å². The first kappa shape index (κ1) is 9.96. The molecule has 0 spiro atoms. The summed E-state index contributed by atoms with van der Waals surface area (Å²) in [5, 5.41) is 3.15. The number of nitrogens with one attached hydrogen (secondary N) is 1. The van der Waals surface area contributed by atoms with Gasteiger partial charge in [0.05, 0.1) is 19.3 Å². The van der Waals surface area contributed by atoms with Crippen molar-refractivity contribution >= 4 is 0 Å². The number of ether oxygens (including phenoxy) is 2. The molecular formula is C9H19NO2. The van der Waals surface area contributed by atoms with Crippen LogP contribution in [0.3, 0.4) is 0 Å². The Bertz CT molecular complexity index is 115. The largest absolute Gasteiger partial charge is 0.383 e. The zero-order chi connectivity index (χ0) is 8.81. The molecule has 0 bridgehead atoms. The summed E-state index contributed by atoms with van der Waals surface area (Å²) < 4.78 is 10.5. The molecule has 0 heterocycles. The van der Waals surface area contributed by atoms with Crippen LogP contribution in [0, 0.1) is 5.92 Å². The van der Waals surface area contributed by atoms with Crippen LogP contribution in [0.2, 0.25) is 0 Å². The molecule has 0 aromatic rings. The van der Waals surface area contributed by atoms with Gasteiger partial charge in [0.1, 0.15) is 0 Å². The van der Waals surface area contributed by atoms with Crippen LogP contribution >= 0.6 is 0 Å². The highest BCUT2D eigenvalue weighted by atomic mass is 16.5. The Labute approximate surface area is 74.4 Å². The van der Waals surface area contributed by atoms with Gasteiger partial charge in [0, 0.05) is 13.7 Å². The summed E-state index contributed by atoms with van der Waals surface area (Å²) in [6.07, 6.45) is 2.71. The maximum absolute atomic E-state index is 5.52. The summed E-state index contributed by atoms with van der Waals surface area (Å²) in [4.78, 5) is 0. The number of likely N-dealkylation sites (N-methyl/N-ethyl adjacent to an activating group) is 1. The molecule has 1 fully saturated rings. The fourth-order valence-corrected chi connectivity index (χ4v) is 1.08. The minimum absolute atomic E-state index is 0.341. The summed E-state index contributed by atoms with van der Waals surface area (Å²) >= 11 is 0. The molecule has 0 amide bonds. The van der Waals surface area contributed by atoms with Crippen LogP contribution < -0.4 is 5.32 Å². The average molecular weight is 173 g/mol. The molecule has 12 heavy (non-hydrogen) atoms. The molecule has 1 N–H and O–H groups in total. The van der Waals surface area contributed by atoms with E-state index in [1.807, 2.05) is 7.05 Å². The molecule has 1 rings (SSSR count). The SMILES string of the molecule is CNC(COC)COCC1CC1. The van der Waals surface area contributed by atoms with E-state index in [1.54, 1.807) is 7.11 Å². The van der Waals surface area contributed by atoms with E-state index in [-0.39, 0.29) is 0 Å². The van der Waals surface area contributed by atoms with Crippen molar-refractivity contribution in [3.63, 3.8) is 0 Å². The van der Waals surface area contributed by atoms with Crippen LogP contribution in [0.1, 0.15) is 12.8 Å². The standard InChI is InChI=1S/C9H19NO2/c1-10-9(6-11-2)7-12-5-8-3-4-8/h8-10H,3-7H2,1-2H3. The zero-order valence-electron chi connectivity index (χ0n) is 8.01. The highest BCUT2D eigenvalue weighted by Gasteiger charge is 2.21. The topological polar surface area (TPSA) is 30.5 Å². The van der Waals surface area contributed by atoms with Gasteiger partial charge in [-0.25, -0.2) is 0 Å². The summed E-state index contributed by atoms with van der Waals surface area (Å²) in [6.45, 7) is 2.42. The first-order valence-corrected chi connectivity index (χ1v) is 4.60. The third-order valence-corrected chi connectivity index (χ3v) is 2.15. The fraction of sp³-hybridized carbons (Fsp3) is 1.00. The van der Waals surface area contributed by atoms with Crippen molar-refractivity contribution in [2.45, 2.75) is 18.9 Å². The quantitative estimate of drug-likeness (QED) is 0.613. The second kappa shape index (κ2) is 5.51. The van der Waals surface area contributed by atoms with Crippen LogP contribution in [0.25, 0.3) is 0 Å². The molecule has 0 saturated heterocycles. The van der Waals surface area contributed by atoms with Crippen LogP contribution in [0.15, 0.2) is 0 Å². The number of methoxy groups -OCH3 is 1. The van der Waals surface area contributed by atoms with E-state index in [2.05, 4.69) is 5.32 Å².